The molecule has 2 N–H and O–H groups in total. The maximum absolute atomic E-state index is 12.3. The first-order valence-electron chi connectivity index (χ1n) is 7.70. The van der Waals surface area contributed by atoms with Gasteiger partial charge in [-0.05, 0) is 108 Å². The van der Waals surface area contributed by atoms with Gasteiger partial charge >= 0.3 is 5.97 Å². The lowest BCUT2D eigenvalue weighted by Gasteiger charge is -2.09. The lowest BCUT2D eigenvalue weighted by Crippen LogP contribution is -2.19. The van der Waals surface area contributed by atoms with Crippen LogP contribution in [0.2, 0.25) is 0 Å². The molecule has 0 unspecified atom stereocenters. The Bertz CT molecular complexity index is 1000. The van der Waals surface area contributed by atoms with Gasteiger partial charge < -0.3 is 15.2 Å². The molecule has 0 spiro atoms. The van der Waals surface area contributed by atoms with Crippen LogP contribution in [0.4, 0.5) is 5.69 Å². The minimum absolute atomic E-state index is 0.229. The number of carboxylic acid groups (broad SMARTS) is 1. The predicted octanol–water partition coefficient (Wildman–Crippen LogP) is 5.17. The number of amides is 1. The third-order valence-corrected chi connectivity index (χ3v) is 6.11. The summed E-state index contributed by atoms with van der Waals surface area (Å²) < 4.78 is 7.46. The molecule has 3 rings (SSSR count). The van der Waals surface area contributed by atoms with E-state index < -0.39 is 12.6 Å². The number of nitrogens with zero attached hydrogens (tertiary/aromatic N) is 1. The van der Waals surface area contributed by atoms with Crippen molar-refractivity contribution in [1.29, 1.82) is 0 Å². The molecule has 1 saturated heterocycles. The summed E-state index contributed by atoms with van der Waals surface area (Å²) in [7, 11) is 0. The topological polar surface area (TPSA) is 88.0 Å². The number of benzene rings is 2. The lowest BCUT2D eigenvalue weighted by molar-refractivity contribution is -0.139. The minimum atomic E-state index is -1.07. The molecule has 0 atom stereocenters. The average molecular weight is 638 g/mol. The highest BCUT2D eigenvalue weighted by molar-refractivity contribution is 14.1. The molecule has 1 amide bonds. The Hall–Kier alpha value is -1.37. The Kier molecular flexibility index (Phi) is 7.18. The zero-order valence-electron chi connectivity index (χ0n) is 13.9. The Labute approximate surface area is 195 Å². The second-order valence-electron chi connectivity index (χ2n) is 5.46. The van der Waals surface area contributed by atoms with E-state index in [0.717, 1.165) is 14.8 Å². The second-order valence-corrected chi connectivity index (χ2v) is 9.44. The molecule has 2 aromatic rings. The van der Waals surface area contributed by atoms with Crippen molar-refractivity contribution in [3.63, 3.8) is 0 Å². The van der Waals surface area contributed by atoms with Gasteiger partial charge in [0.2, 0.25) is 0 Å². The van der Waals surface area contributed by atoms with E-state index >= 15 is 0 Å². The first-order chi connectivity index (χ1) is 13.3. The molecule has 0 radical (unpaired) electrons. The van der Waals surface area contributed by atoms with Crippen molar-refractivity contribution in [1.82, 2.24) is 5.32 Å². The molecule has 28 heavy (non-hydrogen) atoms. The summed E-state index contributed by atoms with van der Waals surface area (Å²) in [5.74, 6) is -0.911. The molecule has 0 saturated carbocycles. The van der Waals surface area contributed by atoms with E-state index in [-0.39, 0.29) is 5.91 Å². The van der Waals surface area contributed by atoms with Crippen LogP contribution in [0, 0.1) is 3.57 Å². The van der Waals surface area contributed by atoms with Crippen LogP contribution in [0.1, 0.15) is 5.56 Å². The highest BCUT2D eigenvalue weighted by Crippen LogP contribution is 2.36. The zero-order chi connectivity index (χ0) is 20.3. The summed E-state index contributed by atoms with van der Waals surface area (Å²) in [4.78, 5) is 27.9. The fraction of sp³-hybridized carbons (Fsp3) is 0.0556. The van der Waals surface area contributed by atoms with Gasteiger partial charge in [-0.2, -0.15) is 0 Å². The van der Waals surface area contributed by atoms with Gasteiger partial charge in [0, 0.05) is 3.57 Å². The number of carbonyl (C=O) groups excluding carboxylic acids is 1. The van der Waals surface area contributed by atoms with E-state index in [1.54, 1.807) is 18.2 Å². The number of amidine groups is 1. The van der Waals surface area contributed by atoms with Crippen LogP contribution in [0.5, 0.6) is 5.75 Å². The monoisotopic (exact) mass is 636 g/mol. The van der Waals surface area contributed by atoms with Crippen molar-refractivity contribution in [3.8, 4) is 5.75 Å². The number of aliphatic carboxylic acids is 1. The van der Waals surface area contributed by atoms with E-state index in [9.17, 15) is 9.59 Å². The Morgan fingerprint density at radius 2 is 2.00 bits per heavy atom. The van der Waals surface area contributed by atoms with Gasteiger partial charge in [0.1, 0.15) is 5.75 Å². The van der Waals surface area contributed by atoms with Gasteiger partial charge in [-0.3, -0.25) is 4.79 Å². The van der Waals surface area contributed by atoms with Crippen molar-refractivity contribution < 1.29 is 19.4 Å². The van der Waals surface area contributed by atoms with Gasteiger partial charge in [-0.25, -0.2) is 9.79 Å². The molecule has 144 valence electrons. The Morgan fingerprint density at radius 1 is 1.29 bits per heavy atom. The number of carboxylic acids is 1. The predicted molar refractivity (Wildman–Crippen MR) is 125 cm³/mol. The van der Waals surface area contributed by atoms with Gasteiger partial charge in [0.05, 0.1) is 19.5 Å². The smallest absolute Gasteiger partial charge is 0.341 e. The van der Waals surface area contributed by atoms with Crippen LogP contribution in [0.25, 0.3) is 6.08 Å². The summed E-state index contributed by atoms with van der Waals surface area (Å²) in [5, 5.41) is 12.0. The van der Waals surface area contributed by atoms with Crippen molar-refractivity contribution in [3.05, 3.63) is 59.4 Å². The number of hydrogen-bond acceptors (Lipinski definition) is 5. The molecular formula is C18H11Br2IN2O4S. The standard InChI is InChI=1S/C18H11Br2IN2O4S/c19-12-4-9(5-13(20)16(12)27-8-15(24)25)6-14-17(26)23-18(28-14)22-11-3-1-2-10(21)7-11/h1-7H,8H2,(H,24,25)(H,22,23,26)/b14-6+. The molecule has 0 bridgehead atoms. The van der Waals surface area contributed by atoms with Crippen LogP contribution >= 0.6 is 66.2 Å². The molecule has 0 aliphatic carbocycles. The van der Waals surface area contributed by atoms with Crippen molar-refractivity contribution in [2.24, 2.45) is 4.99 Å². The minimum Gasteiger partial charge on any atom is -0.480 e. The van der Waals surface area contributed by atoms with Crippen LogP contribution < -0.4 is 10.1 Å². The van der Waals surface area contributed by atoms with E-state index in [0.29, 0.717) is 24.8 Å². The number of halogens is 3. The molecule has 1 fully saturated rings. The SMILES string of the molecule is O=C(O)COc1c(Br)cc(/C=C2/SC(=Nc3cccc(I)c3)NC2=O)cc1Br. The number of ether oxygens (including phenoxy) is 1. The molecule has 6 nitrogen and oxygen atoms in total. The zero-order valence-corrected chi connectivity index (χ0v) is 20.1. The van der Waals surface area contributed by atoms with Crippen LogP contribution in [0.15, 0.2) is 55.2 Å². The Balaban J connectivity index is 1.81. The number of thioether (sulfide) groups is 1. The fourth-order valence-electron chi connectivity index (χ4n) is 2.23. The maximum Gasteiger partial charge on any atom is 0.341 e. The number of rotatable bonds is 5. The summed E-state index contributed by atoms with van der Waals surface area (Å²) in [6, 6.07) is 11.2. The van der Waals surface area contributed by atoms with Gasteiger partial charge in [-0.15, -0.1) is 0 Å². The molecular weight excluding hydrogens is 627 g/mol. The second kappa shape index (κ2) is 9.42. The van der Waals surface area contributed by atoms with Gasteiger partial charge in [0.15, 0.2) is 11.8 Å². The number of carbonyl (C=O) groups is 2. The first kappa shape index (κ1) is 21.3. The molecule has 2 aromatic carbocycles. The van der Waals surface area contributed by atoms with E-state index in [1.165, 1.54) is 11.8 Å². The Morgan fingerprint density at radius 3 is 2.64 bits per heavy atom. The maximum atomic E-state index is 12.3. The number of nitrogens with one attached hydrogen (secondary N) is 1. The van der Waals surface area contributed by atoms with Crippen molar-refractivity contribution in [2.75, 3.05) is 6.61 Å². The van der Waals surface area contributed by atoms with Crippen LogP contribution in [-0.4, -0.2) is 28.8 Å². The highest BCUT2D eigenvalue weighted by atomic mass is 127. The van der Waals surface area contributed by atoms with Gasteiger partial charge in [0.25, 0.3) is 5.91 Å². The fourth-order valence-corrected chi connectivity index (χ4v) is 5.05. The summed E-state index contributed by atoms with van der Waals surface area (Å²) >= 11 is 10.2. The molecule has 10 heteroatoms. The highest BCUT2D eigenvalue weighted by Gasteiger charge is 2.24. The quantitative estimate of drug-likeness (QED) is 0.349. The molecule has 0 aromatic heterocycles. The van der Waals surface area contributed by atoms with Crippen LogP contribution in [0.3, 0.4) is 0 Å². The first-order valence-corrected chi connectivity index (χ1v) is 11.2. The summed E-state index contributed by atoms with van der Waals surface area (Å²) in [6.07, 6.45) is 1.73. The third-order valence-electron chi connectivity index (χ3n) is 3.35. The molecule has 1 aliphatic heterocycles. The van der Waals surface area contributed by atoms with E-state index in [4.69, 9.17) is 9.84 Å². The average Bonchev–Trinajstić information content (AvgIpc) is 2.93. The number of aliphatic imine (C=N–C) groups is 1. The lowest BCUT2D eigenvalue weighted by atomic mass is 10.2. The van der Waals surface area contributed by atoms with Gasteiger partial charge in [-0.1, -0.05) is 6.07 Å². The molecule has 1 aliphatic rings. The number of hydrogen-bond donors (Lipinski definition) is 2. The van der Waals surface area contributed by atoms with Crippen molar-refractivity contribution in [2.45, 2.75) is 0 Å². The van der Waals surface area contributed by atoms with E-state index in [2.05, 4.69) is 64.8 Å². The third kappa shape index (κ3) is 5.58. The largest absolute Gasteiger partial charge is 0.480 e. The van der Waals surface area contributed by atoms with E-state index in [1.807, 2.05) is 24.3 Å². The summed E-state index contributed by atoms with van der Waals surface area (Å²) in [6.45, 7) is -0.450. The van der Waals surface area contributed by atoms with Crippen molar-refractivity contribution >= 4 is 95.0 Å². The normalized spacial score (nSPS) is 16.5. The summed E-state index contributed by atoms with van der Waals surface area (Å²) in [5.41, 5.74) is 1.51. The van der Waals surface area contributed by atoms with Crippen LogP contribution in [-0.2, 0) is 9.59 Å². The molecule has 1 heterocycles.